The second-order valence-electron chi connectivity index (χ2n) is 6.70. The van der Waals surface area contributed by atoms with E-state index in [0.29, 0.717) is 19.1 Å². The van der Waals surface area contributed by atoms with Gasteiger partial charge in [-0.05, 0) is 39.0 Å². The van der Waals surface area contributed by atoms with Crippen LogP contribution in [0.15, 0.2) is 4.99 Å². The van der Waals surface area contributed by atoms with E-state index in [0.717, 1.165) is 37.7 Å². The van der Waals surface area contributed by atoms with Crippen molar-refractivity contribution < 1.29 is 4.79 Å². The second-order valence-corrected chi connectivity index (χ2v) is 6.70. The zero-order valence-electron chi connectivity index (χ0n) is 15.2. The molecule has 3 N–H and O–H groups in total. The minimum absolute atomic E-state index is 0. The van der Waals surface area contributed by atoms with Crippen molar-refractivity contribution in [1.82, 2.24) is 16.0 Å². The molecular weight excluding hydrogens is 403 g/mol. The summed E-state index contributed by atoms with van der Waals surface area (Å²) in [6.07, 6.45) is 5.76. The van der Waals surface area contributed by atoms with Crippen molar-refractivity contribution in [1.29, 1.82) is 0 Å². The van der Waals surface area contributed by atoms with E-state index in [1.54, 1.807) is 0 Å². The highest BCUT2D eigenvalue weighted by Crippen LogP contribution is 2.28. The number of aliphatic imine (C=N–C) groups is 1. The van der Waals surface area contributed by atoms with Crippen LogP contribution in [0.3, 0.4) is 0 Å². The van der Waals surface area contributed by atoms with Crippen LogP contribution in [0.1, 0.15) is 59.8 Å². The van der Waals surface area contributed by atoms with E-state index in [2.05, 4.69) is 48.6 Å². The fourth-order valence-corrected chi connectivity index (χ4v) is 2.29. The molecule has 1 saturated carbocycles. The summed E-state index contributed by atoms with van der Waals surface area (Å²) in [7, 11) is 0. The van der Waals surface area contributed by atoms with Gasteiger partial charge in [-0.25, -0.2) is 0 Å². The molecule has 136 valence electrons. The van der Waals surface area contributed by atoms with E-state index in [4.69, 9.17) is 0 Å². The number of amides is 1. The summed E-state index contributed by atoms with van der Waals surface area (Å²) in [5.74, 6) is 2.08. The minimum Gasteiger partial charge on any atom is -0.357 e. The minimum atomic E-state index is 0. The number of nitrogens with one attached hydrogen (secondary N) is 3. The van der Waals surface area contributed by atoms with Crippen molar-refractivity contribution >= 4 is 35.8 Å². The lowest BCUT2D eigenvalue weighted by Crippen LogP contribution is -2.42. The van der Waals surface area contributed by atoms with Crippen LogP contribution in [0.4, 0.5) is 0 Å². The lowest BCUT2D eigenvalue weighted by molar-refractivity contribution is -0.122. The maximum Gasteiger partial charge on any atom is 0.223 e. The van der Waals surface area contributed by atoms with Gasteiger partial charge in [0.1, 0.15) is 0 Å². The number of carbonyl (C=O) groups excluding carboxylic acids is 1. The summed E-state index contributed by atoms with van der Waals surface area (Å²) < 4.78 is 0. The van der Waals surface area contributed by atoms with Crippen LogP contribution in [0.2, 0.25) is 0 Å². The van der Waals surface area contributed by atoms with Crippen LogP contribution in [-0.4, -0.2) is 37.5 Å². The van der Waals surface area contributed by atoms with Crippen LogP contribution in [0.5, 0.6) is 0 Å². The third-order valence-electron chi connectivity index (χ3n) is 3.78. The highest BCUT2D eigenvalue weighted by atomic mass is 127. The number of rotatable bonds is 10. The Morgan fingerprint density at radius 2 is 1.87 bits per heavy atom. The van der Waals surface area contributed by atoms with E-state index in [1.165, 1.54) is 12.8 Å². The number of halogens is 1. The average Bonchev–Trinajstić information content (AvgIpc) is 3.27. The highest BCUT2D eigenvalue weighted by molar-refractivity contribution is 14.0. The van der Waals surface area contributed by atoms with E-state index >= 15 is 0 Å². The van der Waals surface area contributed by atoms with E-state index < -0.39 is 0 Å². The third-order valence-corrected chi connectivity index (χ3v) is 3.78. The van der Waals surface area contributed by atoms with Gasteiger partial charge in [-0.2, -0.15) is 0 Å². The fourth-order valence-electron chi connectivity index (χ4n) is 2.29. The molecule has 1 atom stereocenters. The first-order valence-electron chi connectivity index (χ1n) is 8.85. The largest absolute Gasteiger partial charge is 0.357 e. The molecule has 1 aliphatic rings. The molecule has 1 amide bonds. The Kier molecular flexibility index (Phi) is 12.5. The first kappa shape index (κ1) is 22.5. The molecule has 1 unspecified atom stereocenters. The highest BCUT2D eigenvalue weighted by Gasteiger charge is 2.28. The van der Waals surface area contributed by atoms with Gasteiger partial charge in [0.25, 0.3) is 0 Å². The van der Waals surface area contributed by atoms with Crippen molar-refractivity contribution in [3.05, 3.63) is 0 Å². The lowest BCUT2D eigenvalue weighted by atomic mass is 10.0. The molecule has 0 spiro atoms. The molecule has 0 heterocycles. The van der Waals surface area contributed by atoms with E-state index in [9.17, 15) is 4.79 Å². The Bertz CT molecular complexity index is 357. The number of nitrogens with zero attached hydrogens (tertiary/aromatic N) is 1. The maximum absolute atomic E-state index is 11.5. The summed E-state index contributed by atoms with van der Waals surface area (Å²) in [5, 5.41) is 9.64. The monoisotopic (exact) mass is 438 g/mol. The van der Waals surface area contributed by atoms with Crippen molar-refractivity contribution in [2.45, 2.75) is 65.8 Å². The molecule has 0 bridgehead atoms. The molecule has 0 aromatic carbocycles. The SMILES string of the molecule is CCNC(=NCCNC(=O)C1CC1)NC(C)CCCC(C)C.I. The molecule has 1 aliphatic carbocycles. The zero-order valence-corrected chi connectivity index (χ0v) is 17.5. The Labute approximate surface area is 158 Å². The van der Waals surface area contributed by atoms with Crippen LogP contribution >= 0.6 is 24.0 Å². The molecule has 23 heavy (non-hydrogen) atoms. The fraction of sp³-hybridized carbons (Fsp3) is 0.882. The van der Waals surface area contributed by atoms with Gasteiger partial charge >= 0.3 is 0 Å². The molecule has 1 fully saturated rings. The second kappa shape index (κ2) is 12.8. The summed E-state index contributed by atoms with van der Waals surface area (Å²) >= 11 is 0. The van der Waals surface area contributed by atoms with Gasteiger partial charge in [-0.1, -0.05) is 26.7 Å². The van der Waals surface area contributed by atoms with Gasteiger partial charge in [0.05, 0.1) is 6.54 Å². The molecule has 0 aliphatic heterocycles. The van der Waals surface area contributed by atoms with Crippen molar-refractivity contribution in [3.8, 4) is 0 Å². The molecule has 0 saturated heterocycles. The molecule has 0 aromatic heterocycles. The number of hydrogen-bond acceptors (Lipinski definition) is 2. The van der Waals surface area contributed by atoms with Crippen LogP contribution in [0.25, 0.3) is 0 Å². The van der Waals surface area contributed by atoms with Crippen LogP contribution in [0, 0.1) is 11.8 Å². The Morgan fingerprint density at radius 3 is 2.43 bits per heavy atom. The van der Waals surface area contributed by atoms with E-state index in [-0.39, 0.29) is 35.8 Å². The van der Waals surface area contributed by atoms with Crippen molar-refractivity contribution in [2.75, 3.05) is 19.6 Å². The molecule has 0 aromatic rings. The normalized spacial score (nSPS) is 15.8. The number of carbonyl (C=O) groups is 1. The predicted octanol–water partition coefficient (Wildman–Crippen LogP) is 2.90. The van der Waals surface area contributed by atoms with Gasteiger partial charge in [0, 0.05) is 25.0 Å². The summed E-state index contributed by atoms with van der Waals surface area (Å²) in [6.45, 7) is 10.9. The standard InChI is InChI=1S/C17H34N4O.HI/c1-5-18-17(21-14(4)8-6-7-13(2)3)20-12-11-19-16(22)15-9-10-15;/h13-15H,5-12H2,1-4H3,(H,19,22)(H2,18,20,21);1H. The first-order valence-corrected chi connectivity index (χ1v) is 8.85. The van der Waals surface area contributed by atoms with Gasteiger partial charge in [-0.15, -0.1) is 24.0 Å². The van der Waals surface area contributed by atoms with Crippen LogP contribution < -0.4 is 16.0 Å². The average molecular weight is 438 g/mol. The molecular formula is C17H35IN4O. The van der Waals surface area contributed by atoms with Crippen molar-refractivity contribution in [2.24, 2.45) is 16.8 Å². The predicted molar refractivity (Wildman–Crippen MR) is 108 cm³/mol. The maximum atomic E-state index is 11.5. The van der Waals surface area contributed by atoms with Gasteiger partial charge in [0.2, 0.25) is 5.91 Å². The van der Waals surface area contributed by atoms with E-state index in [1.807, 2.05) is 0 Å². The zero-order chi connectivity index (χ0) is 16.4. The Balaban J connectivity index is 0.00000484. The molecule has 0 radical (unpaired) electrons. The van der Waals surface area contributed by atoms with Crippen LogP contribution in [-0.2, 0) is 4.79 Å². The number of guanidine groups is 1. The topological polar surface area (TPSA) is 65.5 Å². The smallest absolute Gasteiger partial charge is 0.223 e. The lowest BCUT2D eigenvalue weighted by Gasteiger charge is -2.18. The van der Waals surface area contributed by atoms with Gasteiger partial charge < -0.3 is 16.0 Å². The Hall–Kier alpha value is -0.530. The van der Waals surface area contributed by atoms with Gasteiger partial charge in [0.15, 0.2) is 5.96 Å². The quantitative estimate of drug-likeness (QED) is 0.213. The van der Waals surface area contributed by atoms with Gasteiger partial charge in [-0.3, -0.25) is 9.79 Å². The molecule has 5 nitrogen and oxygen atoms in total. The van der Waals surface area contributed by atoms with Crippen molar-refractivity contribution in [3.63, 3.8) is 0 Å². The number of hydrogen-bond donors (Lipinski definition) is 3. The third kappa shape index (κ3) is 11.6. The summed E-state index contributed by atoms with van der Waals surface area (Å²) in [6, 6.07) is 0.414. The summed E-state index contributed by atoms with van der Waals surface area (Å²) in [5.41, 5.74) is 0. The molecule has 6 heteroatoms. The first-order chi connectivity index (χ1) is 10.5. The summed E-state index contributed by atoms with van der Waals surface area (Å²) in [4.78, 5) is 16.1. The molecule has 1 rings (SSSR count). The Morgan fingerprint density at radius 1 is 1.17 bits per heavy atom.